The lowest BCUT2D eigenvalue weighted by Gasteiger charge is -2.18. The lowest BCUT2D eigenvalue weighted by molar-refractivity contribution is -0.167. The fraction of sp³-hybridized carbons (Fsp3) is 0.939. The standard InChI is InChI=1S/C49H94O6/c1-5-8-10-12-14-16-18-19-20-21-22-23-24-26-27-32-36-40-47(50)53-43-46(55-49(52)42-38-34-28-25-17-15-13-11-9-6-2)44-54-48(51)41-37-33-30-29-31-35-39-45(4)7-3/h45-46H,5-44H2,1-4H3/t45?,46-/m0/s1. The van der Waals surface area contributed by atoms with E-state index in [1.165, 1.54) is 167 Å². The van der Waals surface area contributed by atoms with Crippen molar-refractivity contribution in [1.29, 1.82) is 0 Å². The number of hydrogen-bond donors (Lipinski definition) is 0. The van der Waals surface area contributed by atoms with Crippen molar-refractivity contribution in [1.82, 2.24) is 0 Å². The maximum atomic E-state index is 12.7. The van der Waals surface area contributed by atoms with Gasteiger partial charge in [0.05, 0.1) is 0 Å². The van der Waals surface area contributed by atoms with Crippen molar-refractivity contribution < 1.29 is 28.6 Å². The van der Waals surface area contributed by atoms with Crippen LogP contribution in [0.25, 0.3) is 0 Å². The summed E-state index contributed by atoms with van der Waals surface area (Å²) in [5.74, 6) is -0.0395. The minimum absolute atomic E-state index is 0.0640. The Morgan fingerprint density at radius 3 is 0.945 bits per heavy atom. The Morgan fingerprint density at radius 1 is 0.364 bits per heavy atom. The topological polar surface area (TPSA) is 78.9 Å². The summed E-state index contributed by atoms with van der Waals surface area (Å²) in [6.07, 6.45) is 43.8. The van der Waals surface area contributed by atoms with Crippen molar-refractivity contribution >= 4 is 17.9 Å². The first-order valence-corrected chi connectivity index (χ1v) is 24.4. The van der Waals surface area contributed by atoms with Crippen molar-refractivity contribution in [3.8, 4) is 0 Å². The molecule has 0 aromatic heterocycles. The van der Waals surface area contributed by atoms with E-state index < -0.39 is 6.10 Å². The maximum Gasteiger partial charge on any atom is 0.306 e. The molecule has 0 saturated carbocycles. The molecule has 0 N–H and O–H groups in total. The molecular formula is C49H94O6. The molecule has 55 heavy (non-hydrogen) atoms. The summed E-state index contributed by atoms with van der Waals surface area (Å²) in [6.45, 7) is 8.97. The van der Waals surface area contributed by atoms with Gasteiger partial charge in [0.1, 0.15) is 13.2 Å². The summed E-state index contributed by atoms with van der Waals surface area (Å²) in [7, 11) is 0. The SMILES string of the molecule is CCCCCCCCCCCCCCCCCCCC(=O)OC[C@@H](COC(=O)CCCCCCCCC(C)CC)OC(=O)CCCCCCCCCCCC. The summed E-state index contributed by atoms with van der Waals surface area (Å²) in [5.41, 5.74) is 0. The van der Waals surface area contributed by atoms with Gasteiger partial charge in [-0.3, -0.25) is 14.4 Å². The number of esters is 3. The van der Waals surface area contributed by atoms with Crippen LogP contribution in [0.15, 0.2) is 0 Å². The van der Waals surface area contributed by atoms with E-state index in [0.717, 1.165) is 63.7 Å². The quantitative estimate of drug-likeness (QED) is 0.0348. The molecule has 326 valence electrons. The van der Waals surface area contributed by atoms with Crippen molar-refractivity contribution in [3.05, 3.63) is 0 Å². The lowest BCUT2D eigenvalue weighted by Crippen LogP contribution is -2.30. The van der Waals surface area contributed by atoms with Gasteiger partial charge < -0.3 is 14.2 Å². The largest absolute Gasteiger partial charge is 0.462 e. The van der Waals surface area contributed by atoms with E-state index in [1.807, 2.05) is 0 Å². The monoisotopic (exact) mass is 779 g/mol. The van der Waals surface area contributed by atoms with E-state index in [0.29, 0.717) is 19.3 Å². The predicted molar refractivity (Wildman–Crippen MR) is 233 cm³/mol. The average molecular weight is 779 g/mol. The van der Waals surface area contributed by atoms with Crippen molar-refractivity contribution in [2.75, 3.05) is 13.2 Å². The second-order valence-electron chi connectivity index (χ2n) is 17.0. The summed E-state index contributed by atoms with van der Waals surface area (Å²) in [6, 6.07) is 0. The second kappa shape index (κ2) is 43.5. The van der Waals surface area contributed by atoms with Crippen LogP contribution < -0.4 is 0 Å². The predicted octanol–water partition coefficient (Wildman–Crippen LogP) is 15.5. The van der Waals surface area contributed by atoms with Crippen LogP contribution in [0.3, 0.4) is 0 Å². The molecule has 2 atom stereocenters. The fourth-order valence-corrected chi connectivity index (χ4v) is 7.30. The van der Waals surface area contributed by atoms with Crippen LogP contribution in [0.5, 0.6) is 0 Å². The zero-order valence-electron chi connectivity index (χ0n) is 37.4. The molecule has 0 bridgehead atoms. The maximum absolute atomic E-state index is 12.7. The highest BCUT2D eigenvalue weighted by molar-refractivity contribution is 5.71. The van der Waals surface area contributed by atoms with Gasteiger partial charge in [0.15, 0.2) is 6.10 Å². The molecule has 0 saturated heterocycles. The molecule has 0 heterocycles. The number of carbonyl (C=O) groups excluding carboxylic acids is 3. The summed E-state index contributed by atoms with van der Waals surface area (Å²) in [4.78, 5) is 37.7. The molecule has 0 radical (unpaired) electrons. The van der Waals surface area contributed by atoms with Crippen LogP contribution in [0.4, 0.5) is 0 Å². The Labute approximate surface area is 342 Å². The molecule has 6 heteroatoms. The summed E-state index contributed by atoms with van der Waals surface area (Å²) in [5, 5.41) is 0. The molecule has 0 aromatic rings. The Balaban J connectivity index is 4.25. The van der Waals surface area contributed by atoms with E-state index in [9.17, 15) is 14.4 Å². The molecule has 1 unspecified atom stereocenters. The van der Waals surface area contributed by atoms with E-state index in [4.69, 9.17) is 14.2 Å². The molecule has 0 rings (SSSR count). The van der Waals surface area contributed by atoms with E-state index in [2.05, 4.69) is 27.7 Å². The lowest BCUT2D eigenvalue weighted by atomic mass is 10.00. The summed E-state index contributed by atoms with van der Waals surface area (Å²) < 4.78 is 16.7. The van der Waals surface area contributed by atoms with Gasteiger partial charge in [0.2, 0.25) is 0 Å². The molecule has 0 aromatic carbocycles. The number of unbranched alkanes of at least 4 members (excludes halogenated alkanes) is 30. The van der Waals surface area contributed by atoms with Gasteiger partial charge in [-0.15, -0.1) is 0 Å². The zero-order valence-corrected chi connectivity index (χ0v) is 37.4. The third kappa shape index (κ3) is 41.9. The third-order valence-corrected chi connectivity index (χ3v) is 11.4. The van der Waals surface area contributed by atoms with Crippen molar-refractivity contribution in [3.63, 3.8) is 0 Å². The minimum Gasteiger partial charge on any atom is -0.462 e. The van der Waals surface area contributed by atoms with Crippen LogP contribution in [0.1, 0.15) is 272 Å². The van der Waals surface area contributed by atoms with Crippen molar-refractivity contribution in [2.45, 2.75) is 278 Å². The van der Waals surface area contributed by atoms with Gasteiger partial charge in [-0.25, -0.2) is 0 Å². The van der Waals surface area contributed by atoms with Crippen LogP contribution in [0.2, 0.25) is 0 Å². The molecule has 0 aliphatic rings. The first kappa shape index (κ1) is 53.4. The van der Waals surface area contributed by atoms with Gasteiger partial charge >= 0.3 is 17.9 Å². The van der Waals surface area contributed by atoms with E-state index in [1.54, 1.807) is 0 Å². The molecule has 6 nitrogen and oxygen atoms in total. The highest BCUT2D eigenvalue weighted by Gasteiger charge is 2.19. The Kier molecular flexibility index (Phi) is 42.3. The molecule has 0 fully saturated rings. The molecule has 0 spiro atoms. The molecular weight excluding hydrogens is 685 g/mol. The van der Waals surface area contributed by atoms with Crippen LogP contribution in [-0.4, -0.2) is 37.2 Å². The van der Waals surface area contributed by atoms with Gasteiger partial charge in [0, 0.05) is 19.3 Å². The fourth-order valence-electron chi connectivity index (χ4n) is 7.30. The minimum atomic E-state index is -0.760. The number of rotatable bonds is 44. The van der Waals surface area contributed by atoms with Gasteiger partial charge in [-0.2, -0.15) is 0 Å². The Hall–Kier alpha value is -1.59. The third-order valence-electron chi connectivity index (χ3n) is 11.4. The second-order valence-corrected chi connectivity index (χ2v) is 17.0. The zero-order chi connectivity index (χ0) is 40.3. The van der Waals surface area contributed by atoms with Crippen LogP contribution in [0, 0.1) is 5.92 Å². The average Bonchev–Trinajstić information content (AvgIpc) is 3.18. The highest BCUT2D eigenvalue weighted by atomic mass is 16.6. The highest BCUT2D eigenvalue weighted by Crippen LogP contribution is 2.17. The van der Waals surface area contributed by atoms with Crippen LogP contribution >= 0.6 is 0 Å². The van der Waals surface area contributed by atoms with E-state index in [-0.39, 0.29) is 31.1 Å². The van der Waals surface area contributed by atoms with Gasteiger partial charge in [-0.05, 0) is 25.2 Å². The Morgan fingerprint density at radius 2 is 0.636 bits per heavy atom. The van der Waals surface area contributed by atoms with Gasteiger partial charge in [0.25, 0.3) is 0 Å². The number of ether oxygens (including phenoxy) is 3. The normalized spacial score (nSPS) is 12.4. The Bertz CT molecular complexity index is 828. The first-order chi connectivity index (χ1) is 26.9. The first-order valence-electron chi connectivity index (χ1n) is 24.4. The van der Waals surface area contributed by atoms with Crippen molar-refractivity contribution in [2.24, 2.45) is 5.92 Å². The number of hydrogen-bond acceptors (Lipinski definition) is 6. The number of carbonyl (C=O) groups is 3. The molecule has 0 aliphatic carbocycles. The van der Waals surface area contributed by atoms with Gasteiger partial charge in [-0.1, -0.05) is 233 Å². The summed E-state index contributed by atoms with van der Waals surface area (Å²) >= 11 is 0. The molecule has 0 amide bonds. The van der Waals surface area contributed by atoms with Crippen LogP contribution in [-0.2, 0) is 28.6 Å². The van der Waals surface area contributed by atoms with E-state index >= 15 is 0 Å². The smallest absolute Gasteiger partial charge is 0.306 e. The molecule has 0 aliphatic heterocycles.